The third kappa shape index (κ3) is 6.23. The molecule has 2 aromatic heterocycles. The lowest BCUT2D eigenvalue weighted by Crippen LogP contribution is -2.27. The van der Waals surface area contributed by atoms with Crippen LogP contribution in [0.5, 0.6) is 0 Å². The maximum absolute atomic E-state index is 14.9. The zero-order chi connectivity index (χ0) is 34.0. The van der Waals surface area contributed by atoms with Gasteiger partial charge in [0.15, 0.2) is 5.82 Å². The van der Waals surface area contributed by atoms with Gasteiger partial charge in [0.2, 0.25) is 11.5 Å². The van der Waals surface area contributed by atoms with E-state index in [4.69, 9.17) is 9.72 Å². The number of aryl methyl sites for hydroxylation is 1. The summed E-state index contributed by atoms with van der Waals surface area (Å²) in [5.74, 6) is 0.331. The molecule has 0 saturated heterocycles. The van der Waals surface area contributed by atoms with Gasteiger partial charge in [-0.25, -0.2) is 14.8 Å². The van der Waals surface area contributed by atoms with Crippen molar-refractivity contribution in [3.63, 3.8) is 0 Å². The van der Waals surface area contributed by atoms with Crippen molar-refractivity contribution in [3.8, 4) is 11.4 Å². The highest BCUT2D eigenvalue weighted by atomic mass is 32.2. The molecule has 49 heavy (non-hydrogen) atoms. The number of methoxy groups -OCH3 is 1. The highest BCUT2D eigenvalue weighted by Crippen LogP contribution is 2.42. The standard InChI is InChI=1S/C38H33N6O4S/c1-42-26-40-36(41-42)30-18-12-17-29(21-30)34-22-32-33(38(45)48-2)23-39-37(35(32)44(34)49(46,47)31-19-10-5-11-20-31)43(24-27-13-6-3-7-14-27)25-28-15-8-4-9-16-28/h3-21,23,26H,22,24-25H2,1-2H3/q+1. The average molecular weight is 670 g/mol. The normalized spacial score (nSPS) is 12.5. The maximum atomic E-state index is 14.9. The number of sulfonamides is 1. The van der Waals surface area contributed by atoms with E-state index in [0.29, 0.717) is 47.3 Å². The molecule has 1 aliphatic heterocycles. The topological polar surface area (TPSA) is 110 Å². The third-order valence-corrected chi connectivity index (χ3v) is 10.2. The van der Waals surface area contributed by atoms with Crippen LogP contribution in [0.4, 0.5) is 11.5 Å². The van der Waals surface area contributed by atoms with Crippen LogP contribution in [-0.2, 0) is 41.3 Å². The van der Waals surface area contributed by atoms with Crippen LogP contribution in [0.25, 0.3) is 11.4 Å². The molecule has 1 aliphatic rings. The maximum Gasteiger partial charge on any atom is 0.400 e. The first-order chi connectivity index (χ1) is 23.8. The van der Waals surface area contributed by atoms with Crippen molar-refractivity contribution in [1.29, 1.82) is 0 Å². The van der Waals surface area contributed by atoms with Crippen molar-refractivity contribution in [2.24, 2.45) is 7.05 Å². The molecule has 0 unspecified atom stereocenters. The lowest BCUT2D eigenvalue weighted by molar-refractivity contribution is -0.256. The van der Waals surface area contributed by atoms with E-state index in [9.17, 15) is 13.2 Å². The van der Waals surface area contributed by atoms with E-state index in [-0.39, 0.29) is 16.9 Å². The predicted molar refractivity (Wildman–Crippen MR) is 186 cm³/mol. The number of hydrogen-bond acceptors (Lipinski definition) is 8. The molecule has 0 aliphatic carbocycles. The molecule has 4 aromatic carbocycles. The molecule has 0 bridgehead atoms. The fourth-order valence-electron chi connectivity index (χ4n) is 6.12. The van der Waals surface area contributed by atoms with Gasteiger partial charge in [-0.3, -0.25) is 4.68 Å². The van der Waals surface area contributed by atoms with E-state index in [2.05, 4.69) is 15.0 Å². The van der Waals surface area contributed by atoms with E-state index in [1.54, 1.807) is 48.4 Å². The van der Waals surface area contributed by atoms with E-state index >= 15 is 0 Å². The molecule has 0 radical (unpaired) electrons. The summed E-state index contributed by atoms with van der Waals surface area (Å²) in [7, 11) is -1.14. The van der Waals surface area contributed by atoms with Gasteiger partial charge in [0.05, 0.1) is 24.7 Å². The molecule has 0 N–H and O–H groups in total. The number of fused-ring (bicyclic) bond motifs is 1. The minimum absolute atomic E-state index is 0.106. The number of pyridine rings is 1. The summed E-state index contributed by atoms with van der Waals surface area (Å²) in [4.78, 5) is 24.7. The highest BCUT2D eigenvalue weighted by Gasteiger charge is 2.47. The quantitative estimate of drug-likeness (QED) is 0.130. The molecule has 7 rings (SSSR count). The van der Waals surface area contributed by atoms with E-state index in [1.165, 1.54) is 17.3 Å². The third-order valence-electron chi connectivity index (χ3n) is 8.40. The molecule has 10 nitrogen and oxygen atoms in total. The van der Waals surface area contributed by atoms with Gasteiger partial charge in [-0.1, -0.05) is 95.0 Å². The van der Waals surface area contributed by atoms with Gasteiger partial charge < -0.3 is 9.64 Å². The Bertz CT molecular complexity index is 2250. The first-order valence-electron chi connectivity index (χ1n) is 15.7. The summed E-state index contributed by atoms with van der Waals surface area (Å²) in [5.41, 5.74) is 4.89. The monoisotopic (exact) mass is 669 g/mol. The zero-order valence-electron chi connectivity index (χ0n) is 27.0. The molecular formula is C38H33N6O4S+. The highest BCUT2D eigenvalue weighted by molar-refractivity contribution is 7.85. The van der Waals surface area contributed by atoms with E-state index in [1.807, 2.05) is 84.9 Å². The second-order valence-corrected chi connectivity index (χ2v) is 13.5. The van der Waals surface area contributed by atoms with Crippen LogP contribution in [-0.4, -0.2) is 50.9 Å². The molecule has 3 heterocycles. The number of ether oxygens (including phenoxy) is 1. The fourth-order valence-corrected chi connectivity index (χ4v) is 7.72. The number of nitrogens with zero attached hydrogens (tertiary/aromatic N) is 6. The molecule has 244 valence electrons. The smallest absolute Gasteiger partial charge is 0.400 e. The minimum Gasteiger partial charge on any atom is -0.465 e. The number of carbonyl (C=O) groups is 1. The van der Waals surface area contributed by atoms with Gasteiger partial charge in [-0.15, -0.1) is 0 Å². The molecule has 6 aromatic rings. The molecule has 0 saturated carbocycles. The Balaban J connectivity index is 1.50. The SMILES string of the molecule is COC(=O)c1cnc(N(Cc2ccccc2)Cc2ccccc2)c2c1CC(c1cccc(-c3ncn(C)n3)c1)=[N+]2S(=O)(=O)c1ccccc1. The van der Waals surface area contributed by atoms with Crippen molar-refractivity contribution in [2.75, 3.05) is 12.0 Å². The molecule has 11 heteroatoms. The summed E-state index contributed by atoms with van der Waals surface area (Å²) in [6, 6.07) is 35.6. The summed E-state index contributed by atoms with van der Waals surface area (Å²) in [6.45, 7) is 0.865. The van der Waals surface area contributed by atoms with Gasteiger partial charge in [0.25, 0.3) is 5.69 Å². The Morgan fingerprint density at radius 1 is 0.837 bits per heavy atom. The molecule has 0 spiro atoms. The Hall–Kier alpha value is -5.94. The number of esters is 1. The van der Waals surface area contributed by atoms with Crippen LogP contribution >= 0.6 is 0 Å². The molecule has 0 atom stereocenters. The van der Waals surface area contributed by atoms with Gasteiger partial charge in [0.1, 0.15) is 11.2 Å². The zero-order valence-corrected chi connectivity index (χ0v) is 27.8. The van der Waals surface area contributed by atoms with E-state index < -0.39 is 16.0 Å². The van der Waals surface area contributed by atoms with Crippen molar-refractivity contribution in [1.82, 2.24) is 19.7 Å². The number of hydrogen-bond donors (Lipinski definition) is 0. The summed E-state index contributed by atoms with van der Waals surface area (Å²) >= 11 is 0. The first-order valence-corrected chi connectivity index (χ1v) is 17.1. The Labute approximate surface area is 284 Å². The lowest BCUT2D eigenvalue weighted by atomic mass is 9.99. The summed E-state index contributed by atoms with van der Waals surface area (Å²) in [6.07, 6.45) is 3.24. The van der Waals surface area contributed by atoms with Crippen LogP contribution in [0.1, 0.15) is 32.6 Å². The number of anilines is 1. The van der Waals surface area contributed by atoms with Crippen LogP contribution in [0.15, 0.2) is 133 Å². The predicted octanol–water partition coefficient (Wildman–Crippen LogP) is 5.95. The lowest BCUT2D eigenvalue weighted by Gasteiger charge is -2.25. The second kappa shape index (κ2) is 13.3. The first kappa shape index (κ1) is 31.6. The summed E-state index contributed by atoms with van der Waals surface area (Å²) < 4.78 is 38.0. The number of carbonyl (C=O) groups excluding carboxylic acids is 1. The number of aromatic nitrogens is 4. The molecule has 0 fully saturated rings. The molecular weight excluding hydrogens is 637 g/mol. The Morgan fingerprint density at radius 2 is 1.45 bits per heavy atom. The van der Waals surface area contributed by atoms with Crippen LogP contribution < -0.4 is 4.90 Å². The van der Waals surface area contributed by atoms with E-state index in [0.717, 1.165) is 16.7 Å². The van der Waals surface area contributed by atoms with Crippen LogP contribution in [0, 0.1) is 0 Å². The van der Waals surface area contributed by atoms with Gasteiger partial charge in [-0.2, -0.15) is 13.5 Å². The Morgan fingerprint density at radius 3 is 2.04 bits per heavy atom. The van der Waals surface area contributed by atoms with Gasteiger partial charge in [0, 0.05) is 37.5 Å². The van der Waals surface area contributed by atoms with Crippen LogP contribution in [0.2, 0.25) is 0 Å². The van der Waals surface area contributed by atoms with Gasteiger partial charge >= 0.3 is 16.0 Å². The summed E-state index contributed by atoms with van der Waals surface area (Å²) in [5, 5.41) is 4.46. The average Bonchev–Trinajstić information content (AvgIpc) is 3.77. The van der Waals surface area contributed by atoms with Crippen molar-refractivity contribution < 1.29 is 21.9 Å². The number of benzene rings is 4. The number of rotatable bonds is 10. The van der Waals surface area contributed by atoms with Crippen molar-refractivity contribution in [3.05, 3.63) is 156 Å². The fraction of sp³-hybridized carbons (Fsp3) is 0.132. The second-order valence-electron chi connectivity index (χ2n) is 11.7. The molecule has 0 amide bonds. The van der Waals surface area contributed by atoms with Crippen molar-refractivity contribution >= 4 is 33.2 Å². The van der Waals surface area contributed by atoms with Crippen LogP contribution in [0.3, 0.4) is 0 Å². The van der Waals surface area contributed by atoms with Crippen molar-refractivity contribution in [2.45, 2.75) is 24.4 Å². The largest absolute Gasteiger partial charge is 0.465 e. The van der Waals surface area contributed by atoms with Gasteiger partial charge in [-0.05, 0) is 35.4 Å². The minimum atomic E-state index is -4.23. The Kier molecular flexibility index (Phi) is 8.58.